The fourth-order valence-electron chi connectivity index (χ4n) is 2.69. The Bertz CT molecular complexity index is 361. The Morgan fingerprint density at radius 1 is 1.29 bits per heavy atom. The van der Waals surface area contributed by atoms with Crippen molar-refractivity contribution in [3.8, 4) is 0 Å². The maximum absolute atomic E-state index is 9.83. The lowest BCUT2D eigenvalue weighted by molar-refractivity contribution is 0.138. The second-order valence-corrected chi connectivity index (χ2v) is 6.73. The first-order valence-electron chi connectivity index (χ1n) is 6.75. The average molecular weight is 248 g/mol. The maximum Gasteiger partial charge on any atom is 0.0568 e. The summed E-state index contributed by atoms with van der Waals surface area (Å²) in [6.45, 7) is 0. The van der Waals surface area contributed by atoms with Crippen molar-refractivity contribution in [2.24, 2.45) is 5.92 Å². The van der Waals surface area contributed by atoms with E-state index in [1.165, 1.54) is 42.6 Å². The summed E-state index contributed by atoms with van der Waals surface area (Å²) in [4.78, 5) is 1.47. The first-order valence-corrected chi connectivity index (χ1v) is 7.63. The van der Waals surface area contributed by atoms with Crippen LogP contribution >= 0.6 is 11.8 Å². The van der Waals surface area contributed by atoms with E-state index in [1.807, 2.05) is 11.8 Å². The van der Waals surface area contributed by atoms with Crippen molar-refractivity contribution >= 4 is 11.8 Å². The van der Waals surface area contributed by atoms with Crippen LogP contribution in [0.4, 0.5) is 0 Å². The quantitative estimate of drug-likeness (QED) is 0.858. The monoisotopic (exact) mass is 248 g/mol. The standard InChI is InChI=1S/C15H20OS/c16-14(11-8-9-11)6-3-5-13-10-12-4-1-2-7-15(12)17-13/h1-2,4,7,11,13-14,16H,3,5-6,8-10H2. The first-order chi connectivity index (χ1) is 8.33. The Hall–Kier alpha value is -0.470. The molecule has 0 radical (unpaired) electrons. The molecule has 1 aromatic carbocycles. The van der Waals surface area contributed by atoms with Gasteiger partial charge in [-0.05, 0) is 56.1 Å². The minimum Gasteiger partial charge on any atom is -0.393 e. The maximum atomic E-state index is 9.83. The third-order valence-electron chi connectivity index (χ3n) is 3.91. The van der Waals surface area contributed by atoms with Crippen molar-refractivity contribution in [1.82, 2.24) is 0 Å². The molecule has 1 aliphatic carbocycles. The summed E-state index contributed by atoms with van der Waals surface area (Å²) in [5.74, 6) is 0.642. The molecule has 2 heteroatoms. The van der Waals surface area contributed by atoms with E-state index in [-0.39, 0.29) is 6.10 Å². The van der Waals surface area contributed by atoms with Gasteiger partial charge in [0.15, 0.2) is 0 Å². The number of aliphatic hydroxyl groups excluding tert-OH is 1. The van der Waals surface area contributed by atoms with E-state index in [9.17, 15) is 5.11 Å². The number of hydrogen-bond donors (Lipinski definition) is 1. The molecule has 2 atom stereocenters. The lowest BCUT2D eigenvalue weighted by Gasteiger charge is -2.11. The smallest absolute Gasteiger partial charge is 0.0568 e. The molecule has 2 aliphatic rings. The molecule has 3 rings (SSSR count). The fourth-order valence-corrected chi connectivity index (χ4v) is 4.05. The molecule has 0 spiro atoms. The molecule has 1 saturated carbocycles. The number of fused-ring (bicyclic) bond motifs is 1. The lowest BCUT2D eigenvalue weighted by Crippen LogP contribution is -2.10. The van der Waals surface area contributed by atoms with E-state index < -0.39 is 0 Å². The van der Waals surface area contributed by atoms with Crippen LogP contribution in [-0.4, -0.2) is 16.5 Å². The first kappa shape index (κ1) is 11.6. The molecule has 1 aliphatic heterocycles. The highest BCUT2D eigenvalue weighted by atomic mass is 32.2. The van der Waals surface area contributed by atoms with Crippen LogP contribution in [-0.2, 0) is 6.42 Å². The molecule has 1 heterocycles. The van der Waals surface area contributed by atoms with Crippen LogP contribution in [0.3, 0.4) is 0 Å². The number of hydrogen-bond acceptors (Lipinski definition) is 2. The Morgan fingerprint density at radius 3 is 2.88 bits per heavy atom. The van der Waals surface area contributed by atoms with Gasteiger partial charge in [0.2, 0.25) is 0 Å². The van der Waals surface area contributed by atoms with Gasteiger partial charge in [-0.15, -0.1) is 11.8 Å². The van der Waals surface area contributed by atoms with Crippen molar-refractivity contribution in [3.63, 3.8) is 0 Å². The van der Waals surface area contributed by atoms with Gasteiger partial charge in [-0.25, -0.2) is 0 Å². The van der Waals surface area contributed by atoms with Gasteiger partial charge in [0.25, 0.3) is 0 Å². The molecule has 0 saturated heterocycles. The van der Waals surface area contributed by atoms with Crippen LogP contribution in [0.5, 0.6) is 0 Å². The van der Waals surface area contributed by atoms with Gasteiger partial charge in [-0.2, -0.15) is 0 Å². The number of rotatable bonds is 5. The van der Waals surface area contributed by atoms with Gasteiger partial charge in [0.05, 0.1) is 6.10 Å². The van der Waals surface area contributed by atoms with Crippen LogP contribution in [0.15, 0.2) is 29.2 Å². The molecule has 0 bridgehead atoms. The highest BCUT2D eigenvalue weighted by Gasteiger charge is 2.29. The number of thioether (sulfide) groups is 1. The Kier molecular flexibility index (Phi) is 3.44. The zero-order chi connectivity index (χ0) is 11.7. The highest BCUT2D eigenvalue weighted by molar-refractivity contribution is 8.00. The molecule has 17 heavy (non-hydrogen) atoms. The van der Waals surface area contributed by atoms with Crippen LogP contribution in [0.1, 0.15) is 37.7 Å². The molecule has 92 valence electrons. The lowest BCUT2D eigenvalue weighted by atomic mass is 10.0. The minimum absolute atomic E-state index is 0.0104. The summed E-state index contributed by atoms with van der Waals surface area (Å²) in [7, 11) is 0. The van der Waals surface area contributed by atoms with Crippen molar-refractivity contribution < 1.29 is 5.11 Å². The summed E-state index contributed by atoms with van der Waals surface area (Å²) < 4.78 is 0. The predicted octanol–water partition coefficient (Wildman–Crippen LogP) is 3.64. The van der Waals surface area contributed by atoms with Crippen molar-refractivity contribution in [3.05, 3.63) is 29.8 Å². The van der Waals surface area contributed by atoms with Crippen molar-refractivity contribution in [1.29, 1.82) is 0 Å². The van der Waals surface area contributed by atoms with Crippen molar-refractivity contribution in [2.75, 3.05) is 0 Å². The van der Waals surface area contributed by atoms with E-state index >= 15 is 0 Å². The van der Waals surface area contributed by atoms with Crippen LogP contribution < -0.4 is 0 Å². The molecule has 1 fully saturated rings. The van der Waals surface area contributed by atoms with Crippen LogP contribution in [0.2, 0.25) is 0 Å². The van der Waals surface area contributed by atoms with E-state index in [4.69, 9.17) is 0 Å². The van der Waals surface area contributed by atoms with Crippen LogP contribution in [0, 0.1) is 5.92 Å². The second kappa shape index (κ2) is 5.03. The van der Waals surface area contributed by atoms with Crippen molar-refractivity contribution in [2.45, 2.75) is 54.8 Å². The van der Waals surface area contributed by atoms with Gasteiger partial charge in [0.1, 0.15) is 0 Å². The van der Waals surface area contributed by atoms with Gasteiger partial charge in [-0.1, -0.05) is 18.2 Å². The fraction of sp³-hybridized carbons (Fsp3) is 0.600. The van der Waals surface area contributed by atoms with Gasteiger partial charge >= 0.3 is 0 Å². The molecule has 2 unspecified atom stereocenters. The summed E-state index contributed by atoms with van der Waals surface area (Å²) in [5.41, 5.74) is 1.52. The van der Waals surface area contributed by atoms with E-state index in [0.29, 0.717) is 5.92 Å². The largest absolute Gasteiger partial charge is 0.393 e. The molecular formula is C15H20OS. The summed E-state index contributed by atoms with van der Waals surface area (Å²) in [6, 6.07) is 8.75. The molecular weight excluding hydrogens is 228 g/mol. The Morgan fingerprint density at radius 2 is 2.12 bits per heavy atom. The summed E-state index contributed by atoms with van der Waals surface area (Å²) in [6.07, 6.45) is 7.17. The van der Waals surface area contributed by atoms with Gasteiger partial charge in [0, 0.05) is 10.1 Å². The molecule has 0 aromatic heterocycles. The second-order valence-electron chi connectivity index (χ2n) is 5.39. The number of aliphatic hydroxyl groups is 1. The Balaban J connectivity index is 1.43. The minimum atomic E-state index is -0.0104. The number of benzene rings is 1. The zero-order valence-corrected chi connectivity index (χ0v) is 11.0. The SMILES string of the molecule is OC(CCCC1Cc2ccccc2S1)C1CC1. The van der Waals surface area contributed by atoms with Gasteiger partial charge < -0.3 is 5.11 Å². The zero-order valence-electron chi connectivity index (χ0n) is 10.1. The normalized spacial score (nSPS) is 24.6. The molecule has 1 N–H and O–H groups in total. The summed E-state index contributed by atoms with van der Waals surface area (Å²) in [5, 5.41) is 10.6. The highest BCUT2D eigenvalue weighted by Crippen LogP contribution is 2.40. The predicted molar refractivity (Wildman–Crippen MR) is 72.4 cm³/mol. The van der Waals surface area contributed by atoms with E-state index in [1.54, 1.807) is 0 Å². The third kappa shape index (κ3) is 2.86. The van der Waals surface area contributed by atoms with Gasteiger partial charge in [-0.3, -0.25) is 0 Å². The molecule has 1 aromatic rings. The summed E-state index contributed by atoms with van der Waals surface area (Å²) >= 11 is 2.03. The van der Waals surface area contributed by atoms with E-state index in [2.05, 4.69) is 24.3 Å². The topological polar surface area (TPSA) is 20.2 Å². The molecule has 1 nitrogen and oxygen atoms in total. The average Bonchev–Trinajstić information content (AvgIpc) is 3.09. The van der Waals surface area contributed by atoms with Crippen LogP contribution in [0.25, 0.3) is 0 Å². The van der Waals surface area contributed by atoms with E-state index in [0.717, 1.165) is 11.7 Å². The molecule has 0 amide bonds. The Labute approximate surface area is 108 Å². The third-order valence-corrected chi connectivity index (χ3v) is 5.29.